The fourth-order valence-corrected chi connectivity index (χ4v) is 4.12. The molecule has 1 aliphatic heterocycles. The first-order valence-electron chi connectivity index (χ1n) is 12.3. The first-order chi connectivity index (χ1) is 19.6. The van der Waals surface area contributed by atoms with Crippen LogP contribution in [-0.2, 0) is 0 Å². The quantitative estimate of drug-likeness (QED) is 0.295. The molecule has 10 nitrogen and oxygen atoms in total. The van der Waals surface area contributed by atoms with E-state index in [0.717, 1.165) is 5.56 Å². The third-order valence-electron chi connectivity index (χ3n) is 6.03. The Labute approximate surface area is 230 Å². The molecular weight excluding hydrogens is 510 g/mol. The zero-order chi connectivity index (χ0) is 27.9. The minimum Gasteiger partial charge on any atom is -0.497 e. The van der Waals surface area contributed by atoms with E-state index < -0.39 is 0 Å². The number of aryl methyl sites for hydroxylation is 1. The van der Waals surface area contributed by atoms with Crippen molar-refractivity contribution in [3.05, 3.63) is 89.9 Å². The highest BCUT2D eigenvalue weighted by Gasteiger charge is 2.21. The average molecular weight is 536 g/mol. The van der Waals surface area contributed by atoms with Crippen LogP contribution in [-0.4, -0.2) is 36.4 Å². The fraction of sp³-hybridized carbons (Fsp3) is 0.133. The standard InChI is InChI=1S/C30H25N5O5/c1-19-24(6-4-14-33-30(36)35-21-5-3-13-32-17-21)28(20-7-9-22(37-2)10-8-20)25(16-31)29(34-19)40-23-11-12-26-27(15-23)39-18-38-26/h3-13,15,17H,14,18H2,1-2H3,(H2,33,35,36). The lowest BCUT2D eigenvalue weighted by Gasteiger charge is -2.16. The number of aromatic nitrogens is 2. The van der Waals surface area contributed by atoms with Crippen molar-refractivity contribution in [3.63, 3.8) is 0 Å². The predicted octanol–water partition coefficient (Wildman–Crippen LogP) is 5.69. The monoisotopic (exact) mass is 535 g/mol. The molecule has 0 aliphatic carbocycles. The third kappa shape index (κ3) is 5.79. The van der Waals surface area contributed by atoms with Gasteiger partial charge in [0, 0.05) is 35.6 Å². The molecule has 40 heavy (non-hydrogen) atoms. The average Bonchev–Trinajstić information content (AvgIpc) is 3.44. The number of benzene rings is 2. The topological polar surface area (TPSA) is 128 Å². The summed E-state index contributed by atoms with van der Waals surface area (Å²) >= 11 is 0. The van der Waals surface area contributed by atoms with Gasteiger partial charge in [0.2, 0.25) is 12.7 Å². The maximum Gasteiger partial charge on any atom is 0.319 e. The number of carbonyl (C=O) groups is 1. The summed E-state index contributed by atoms with van der Waals surface area (Å²) < 4.78 is 22.2. The Balaban J connectivity index is 1.45. The molecule has 4 aromatic rings. The molecule has 0 spiro atoms. The number of amides is 2. The van der Waals surface area contributed by atoms with E-state index >= 15 is 0 Å². The van der Waals surface area contributed by atoms with E-state index in [1.807, 2.05) is 37.3 Å². The van der Waals surface area contributed by atoms with Crippen molar-refractivity contribution in [2.24, 2.45) is 0 Å². The summed E-state index contributed by atoms with van der Waals surface area (Å²) in [5, 5.41) is 15.8. The van der Waals surface area contributed by atoms with Crippen LogP contribution in [0, 0.1) is 18.3 Å². The smallest absolute Gasteiger partial charge is 0.319 e. The molecule has 1 aliphatic rings. The number of nitrogens with one attached hydrogen (secondary N) is 2. The molecule has 0 saturated heterocycles. The Morgan fingerprint density at radius 1 is 1.12 bits per heavy atom. The number of ether oxygens (including phenoxy) is 4. The number of anilines is 1. The second-order valence-corrected chi connectivity index (χ2v) is 8.60. The zero-order valence-electron chi connectivity index (χ0n) is 21.8. The molecule has 5 rings (SSSR count). The Hall–Kier alpha value is -5.56. The first kappa shape index (κ1) is 26.1. The number of nitrogens with zero attached hydrogens (tertiary/aromatic N) is 3. The SMILES string of the molecule is COc1ccc(-c2c(C#N)c(Oc3ccc4c(c3)OCO4)nc(C)c2C=CCNC(=O)Nc2cccnc2)cc1. The fourth-order valence-electron chi connectivity index (χ4n) is 4.12. The minimum absolute atomic E-state index is 0.141. The second kappa shape index (κ2) is 11.9. The van der Waals surface area contributed by atoms with Crippen LogP contribution in [0.2, 0.25) is 0 Å². The molecule has 0 atom stereocenters. The van der Waals surface area contributed by atoms with Gasteiger partial charge in [-0.1, -0.05) is 24.3 Å². The lowest BCUT2D eigenvalue weighted by Crippen LogP contribution is -2.28. The number of hydrogen-bond donors (Lipinski definition) is 2. The molecule has 0 saturated carbocycles. The highest BCUT2D eigenvalue weighted by molar-refractivity contribution is 5.89. The van der Waals surface area contributed by atoms with Crippen LogP contribution >= 0.6 is 0 Å². The molecular formula is C30H25N5O5. The molecule has 2 amide bonds. The minimum atomic E-state index is -0.368. The Morgan fingerprint density at radius 3 is 2.67 bits per heavy atom. The Kier molecular flexibility index (Phi) is 7.74. The molecule has 0 radical (unpaired) electrons. The summed E-state index contributed by atoms with van der Waals surface area (Å²) in [5.41, 5.74) is 3.62. The van der Waals surface area contributed by atoms with E-state index in [9.17, 15) is 10.1 Å². The van der Waals surface area contributed by atoms with Gasteiger partial charge in [-0.2, -0.15) is 5.26 Å². The van der Waals surface area contributed by atoms with Crippen LogP contribution in [0.3, 0.4) is 0 Å². The van der Waals surface area contributed by atoms with Crippen molar-refractivity contribution >= 4 is 17.8 Å². The lowest BCUT2D eigenvalue weighted by molar-refractivity contribution is 0.174. The molecule has 2 aromatic carbocycles. The summed E-state index contributed by atoms with van der Waals surface area (Å²) in [6.45, 7) is 2.22. The van der Waals surface area contributed by atoms with E-state index in [1.165, 1.54) is 0 Å². The summed E-state index contributed by atoms with van der Waals surface area (Å²) in [4.78, 5) is 20.8. The van der Waals surface area contributed by atoms with Crippen molar-refractivity contribution in [2.75, 3.05) is 25.8 Å². The van der Waals surface area contributed by atoms with Crippen LogP contribution in [0.1, 0.15) is 16.8 Å². The van der Waals surface area contributed by atoms with Crippen molar-refractivity contribution in [1.29, 1.82) is 5.26 Å². The van der Waals surface area contributed by atoms with Gasteiger partial charge in [0.1, 0.15) is 23.1 Å². The molecule has 0 fully saturated rings. The number of fused-ring (bicyclic) bond motifs is 1. The van der Waals surface area contributed by atoms with Crippen molar-refractivity contribution in [2.45, 2.75) is 6.92 Å². The zero-order valence-corrected chi connectivity index (χ0v) is 21.8. The lowest BCUT2D eigenvalue weighted by atomic mass is 9.94. The largest absolute Gasteiger partial charge is 0.497 e. The third-order valence-corrected chi connectivity index (χ3v) is 6.03. The van der Waals surface area contributed by atoms with Gasteiger partial charge < -0.3 is 29.6 Å². The van der Waals surface area contributed by atoms with Crippen LogP contribution in [0.4, 0.5) is 10.5 Å². The Bertz CT molecular complexity index is 1600. The van der Waals surface area contributed by atoms with E-state index in [2.05, 4.69) is 26.7 Å². The maximum absolute atomic E-state index is 12.2. The summed E-state index contributed by atoms with van der Waals surface area (Å²) in [5.74, 6) is 2.49. The van der Waals surface area contributed by atoms with E-state index in [0.29, 0.717) is 45.5 Å². The van der Waals surface area contributed by atoms with Gasteiger partial charge >= 0.3 is 6.03 Å². The molecule has 0 unspecified atom stereocenters. The first-order valence-corrected chi connectivity index (χ1v) is 12.3. The van der Waals surface area contributed by atoms with E-state index in [4.69, 9.17) is 18.9 Å². The van der Waals surface area contributed by atoms with Crippen LogP contribution < -0.4 is 29.6 Å². The second-order valence-electron chi connectivity index (χ2n) is 8.60. The number of pyridine rings is 2. The van der Waals surface area contributed by atoms with Gasteiger partial charge in [0.05, 0.1) is 19.0 Å². The molecule has 2 aromatic heterocycles. The van der Waals surface area contributed by atoms with Crippen molar-refractivity contribution in [1.82, 2.24) is 15.3 Å². The number of carbonyl (C=O) groups excluding carboxylic acids is 1. The van der Waals surface area contributed by atoms with E-state index in [-0.39, 0.29) is 30.8 Å². The van der Waals surface area contributed by atoms with Gasteiger partial charge in [0.15, 0.2) is 11.5 Å². The highest BCUT2D eigenvalue weighted by Crippen LogP contribution is 2.40. The molecule has 0 bridgehead atoms. The number of nitriles is 1. The predicted molar refractivity (Wildman–Crippen MR) is 149 cm³/mol. The van der Waals surface area contributed by atoms with Gasteiger partial charge in [0.25, 0.3) is 0 Å². The maximum atomic E-state index is 12.2. The highest BCUT2D eigenvalue weighted by atomic mass is 16.7. The van der Waals surface area contributed by atoms with Gasteiger partial charge in [-0.15, -0.1) is 0 Å². The van der Waals surface area contributed by atoms with Gasteiger partial charge in [-0.25, -0.2) is 9.78 Å². The number of methoxy groups -OCH3 is 1. The molecule has 10 heteroatoms. The van der Waals surface area contributed by atoms with Gasteiger partial charge in [-0.3, -0.25) is 4.98 Å². The van der Waals surface area contributed by atoms with Crippen LogP contribution in [0.5, 0.6) is 28.9 Å². The summed E-state index contributed by atoms with van der Waals surface area (Å²) in [6.07, 6.45) is 6.81. The van der Waals surface area contributed by atoms with Crippen LogP contribution in [0.15, 0.2) is 73.1 Å². The van der Waals surface area contributed by atoms with Crippen molar-refractivity contribution in [3.8, 4) is 46.1 Å². The molecule has 200 valence electrons. The van der Waals surface area contributed by atoms with E-state index in [1.54, 1.807) is 55.9 Å². The number of rotatable bonds is 8. The summed E-state index contributed by atoms with van der Waals surface area (Å²) in [7, 11) is 1.59. The van der Waals surface area contributed by atoms with Crippen LogP contribution in [0.25, 0.3) is 17.2 Å². The van der Waals surface area contributed by atoms with Crippen molar-refractivity contribution < 1.29 is 23.7 Å². The Morgan fingerprint density at radius 2 is 1.93 bits per heavy atom. The van der Waals surface area contributed by atoms with Gasteiger partial charge in [-0.05, 0) is 48.9 Å². The number of hydrogen-bond acceptors (Lipinski definition) is 8. The summed E-state index contributed by atoms with van der Waals surface area (Å²) in [6, 6.07) is 17.9. The number of urea groups is 1. The molecule has 2 N–H and O–H groups in total. The molecule has 3 heterocycles. The normalized spacial score (nSPS) is 11.6.